The van der Waals surface area contributed by atoms with Crippen molar-refractivity contribution >= 4 is 5.69 Å². The standard InChI is InChI=1S/C13H22N2/c1-4-5-6-7-11(3)13-12(14)10(2)8-9-15-13/h8-9,11H,4-7,14H2,1-3H3. The largest absolute Gasteiger partial charge is 0.397 e. The van der Waals surface area contributed by atoms with Crippen molar-refractivity contribution in [3.8, 4) is 0 Å². The molecule has 0 fully saturated rings. The van der Waals surface area contributed by atoms with E-state index in [2.05, 4.69) is 18.8 Å². The number of nitrogen functional groups attached to an aromatic ring is 1. The molecule has 1 unspecified atom stereocenters. The van der Waals surface area contributed by atoms with Crippen LogP contribution in [0.2, 0.25) is 0 Å². The number of aryl methyl sites for hydroxylation is 1. The van der Waals surface area contributed by atoms with Crippen LogP contribution in [0.1, 0.15) is 56.7 Å². The highest BCUT2D eigenvalue weighted by Gasteiger charge is 2.11. The fraction of sp³-hybridized carbons (Fsp3) is 0.615. The number of nitrogens with zero attached hydrogens (tertiary/aromatic N) is 1. The minimum Gasteiger partial charge on any atom is -0.397 e. The highest BCUT2D eigenvalue weighted by atomic mass is 14.7. The summed E-state index contributed by atoms with van der Waals surface area (Å²) in [5.74, 6) is 0.483. The monoisotopic (exact) mass is 206 g/mol. The molecule has 0 bridgehead atoms. The average molecular weight is 206 g/mol. The molecule has 2 N–H and O–H groups in total. The Hall–Kier alpha value is -1.05. The molecule has 2 heteroatoms. The molecule has 0 aliphatic carbocycles. The van der Waals surface area contributed by atoms with Gasteiger partial charge in [0.05, 0.1) is 11.4 Å². The second-order valence-corrected chi connectivity index (χ2v) is 4.32. The van der Waals surface area contributed by atoms with Crippen molar-refractivity contribution in [1.29, 1.82) is 0 Å². The molecule has 0 amide bonds. The van der Waals surface area contributed by atoms with Crippen LogP contribution in [0.25, 0.3) is 0 Å². The number of hydrogen-bond acceptors (Lipinski definition) is 2. The van der Waals surface area contributed by atoms with E-state index in [1.807, 2.05) is 19.2 Å². The Balaban J connectivity index is 2.65. The molecule has 0 aliphatic rings. The van der Waals surface area contributed by atoms with E-state index < -0.39 is 0 Å². The van der Waals surface area contributed by atoms with Gasteiger partial charge in [-0.25, -0.2) is 0 Å². The Morgan fingerprint density at radius 1 is 1.40 bits per heavy atom. The molecule has 0 aromatic carbocycles. The number of anilines is 1. The fourth-order valence-electron chi connectivity index (χ4n) is 1.82. The van der Waals surface area contributed by atoms with Crippen LogP contribution in [0.5, 0.6) is 0 Å². The molecular weight excluding hydrogens is 184 g/mol. The normalized spacial score (nSPS) is 12.7. The zero-order valence-electron chi connectivity index (χ0n) is 10.1. The van der Waals surface area contributed by atoms with Gasteiger partial charge < -0.3 is 5.73 Å². The molecule has 1 aromatic rings. The molecule has 0 saturated heterocycles. The first-order valence-corrected chi connectivity index (χ1v) is 5.87. The van der Waals surface area contributed by atoms with Gasteiger partial charge in [-0.3, -0.25) is 4.98 Å². The topological polar surface area (TPSA) is 38.9 Å². The number of nitrogens with two attached hydrogens (primary N) is 1. The zero-order chi connectivity index (χ0) is 11.3. The first-order valence-electron chi connectivity index (χ1n) is 5.87. The Morgan fingerprint density at radius 3 is 2.80 bits per heavy atom. The van der Waals surface area contributed by atoms with Crippen LogP contribution in [0.15, 0.2) is 12.3 Å². The van der Waals surface area contributed by atoms with Crippen molar-refractivity contribution in [2.24, 2.45) is 0 Å². The van der Waals surface area contributed by atoms with E-state index >= 15 is 0 Å². The highest BCUT2D eigenvalue weighted by molar-refractivity contribution is 5.50. The molecule has 15 heavy (non-hydrogen) atoms. The molecule has 2 nitrogen and oxygen atoms in total. The summed E-state index contributed by atoms with van der Waals surface area (Å²) in [6.45, 7) is 6.48. The quantitative estimate of drug-likeness (QED) is 0.747. The maximum absolute atomic E-state index is 6.03. The lowest BCUT2D eigenvalue weighted by Crippen LogP contribution is -2.04. The second kappa shape index (κ2) is 5.74. The highest BCUT2D eigenvalue weighted by Crippen LogP contribution is 2.26. The summed E-state index contributed by atoms with van der Waals surface area (Å²) in [6, 6.07) is 1.97. The fourth-order valence-corrected chi connectivity index (χ4v) is 1.82. The van der Waals surface area contributed by atoms with E-state index in [0.717, 1.165) is 16.9 Å². The summed E-state index contributed by atoms with van der Waals surface area (Å²) in [5, 5.41) is 0. The number of rotatable bonds is 5. The Kier molecular flexibility index (Phi) is 4.60. The first-order chi connectivity index (χ1) is 7.16. The minimum absolute atomic E-state index is 0.483. The second-order valence-electron chi connectivity index (χ2n) is 4.32. The van der Waals surface area contributed by atoms with Crippen molar-refractivity contribution in [3.05, 3.63) is 23.5 Å². The Labute approximate surface area is 92.9 Å². The van der Waals surface area contributed by atoms with Gasteiger partial charge in [-0.1, -0.05) is 33.1 Å². The van der Waals surface area contributed by atoms with Crippen LogP contribution in [0, 0.1) is 6.92 Å². The summed E-state index contributed by atoms with van der Waals surface area (Å²) in [6.07, 6.45) is 6.89. The van der Waals surface area contributed by atoms with E-state index in [0.29, 0.717) is 5.92 Å². The van der Waals surface area contributed by atoms with Gasteiger partial charge in [0, 0.05) is 12.1 Å². The van der Waals surface area contributed by atoms with Crippen molar-refractivity contribution in [1.82, 2.24) is 4.98 Å². The van der Waals surface area contributed by atoms with Gasteiger partial charge in [-0.05, 0) is 25.0 Å². The van der Waals surface area contributed by atoms with Gasteiger partial charge in [-0.2, -0.15) is 0 Å². The predicted octanol–water partition coefficient (Wildman–Crippen LogP) is 3.66. The average Bonchev–Trinajstić information content (AvgIpc) is 2.22. The summed E-state index contributed by atoms with van der Waals surface area (Å²) in [7, 11) is 0. The maximum Gasteiger partial charge on any atom is 0.0663 e. The van der Waals surface area contributed by atoms with Crippen LogP contribution in [-0.2, 0) is 0 Å². The number of aromatic nitrogens is 1. The lowest BCUT2D eigenvalue weighted by Gasteiger charge is -2.14. The molecule has 0 saturated carbocycles. The van der Waals surface area contributed by atoms with Crippen LogP contribution >= 0.6 is 0 Å². The molecule has 1 heterocycles. The summed E-state index contributed by atoms with van der Waals surface area (Å²) in [4.78, 5) is 4.39. The molecule has 1 aromatic heterocycles. The molecular formula is C13H22N2. The molecule has 0 radical (unpaired) electrons. The van der Waals surface area contributed by atoms with Crippen molar-refractivity contribution in [3.63, 3.8) is 0 Å². The van der Waals surface area contributed by atoms with Gasteiger partial charge in [0.2, 0.25) is 0 Å². The van der Waals surface area contributed by atoms with E-state index in [1.165, 1.54) is 25.7 Å². The van der Waals surface area contributed by atoms with Gasteiger partial charge in [0.25, 0.3) is 0 Å². The molecule has 1 rings (SSSR count). The van der Waals surface area contributed by atoms with E-state index in [1.54, 1.807) is 0 Å². The zero-order valence-corrected chi connectivity index (χ0v) is 10.1. The third kappa shape index (κ3) is 3.22. The molecule has 84 valence electrons. The summed E-state index contributed by atoms with van der Waals surface area (Å²) >= 11 is 0. The van der Waals surface area contributed by atoms with E-state index in [4.69, 9.17) is 5.73 Å². The Bertz CT molecular complexity index is 307. The third-order valence-electron chi connectivity index (χ3n) is 2.95. The summed E-state index contributed by atoms with van der Waals surface area (Å²) in [5.41, 5.74) is 9.12. The predicted molar refractivity (Wildman–Crippen MR) is 65.9 cm³/mol. The minimum atomic E-state index is 0.483. The Morgan fingerprint density at radius 2 is 2.13 bits per heavy atom. The van der Waals surface area contributed by atoms with Gasteiger partial charge in [0.1, 0.15) is 0 Å². The van der Waals surface area contributed by atoms with E-state index in [9.17, 15) is 0 Å². The third-order valence-corrected chi connectivity index (χ3v) is 2.95. The summed E-state index contributed by atoms with van der Waals surface area (Å²) < 4.78 is 0. The van der Waals surface area contributed by atoms with Crippen molar-refractivity contribution in [2.75, 3.05) is 5.73 Å². The SMILES string of the molecule is CCCCCC(C)c1nccc(C)c1N. The first kappa shape index (κ1) is 12.0. The molecule has 1 atom stereocenters. The van der Waals surface area contributed by atoms with Crippen molar-refractivity contribution in [2.45, 2.75) is 52.4 Å². The van der Waals surface area contributed by atoms with Crippen molar-refractivity contribution < 1.29 is 0 Å². The number of pyridine rings is 1. The van der Waals surface area contributed by atoms with Crippen LogP contribution in [0.3, 0.4) is 0 Å². The maximum atomic E-state index is 6.03. The smallest absolute Gasteiger partial charge is 0.0663 e. The lowest BCUT2D eigenvalue weighted by molar-refractivity contribution is 0.589. The van der Waals surface area contributed by atoms with Crippen LogP contribution in [-0.4, -0.2) is 4.98 Å². The molecule has 0 spiro atoms. The van der Waals surface area contributed by atoms with Gasteiger partial charge >= 0.3 is 0 Å². The van der Waals surface area contributed by atoms with Gasteiger partial charge in [0.15, 0.2) is 0 Å². The van der Waals surface area contributed by atoms with Gasteiger partial charge in [-0.15, -0.1) is 0 Å². The number of unbranched alkanes of at least 4 members (excludes halogenated alkanes) is 2. The molecule has 0 aliphatic heterocycles. The number of hydrogen-bond donors (Lipinski definition) is 1. The van der Waals surface area contributed by atoms with Crippen LogP contribution in [0.4, 0.5) is 5.69 Å². The lowest BCUT2D eigenvalue weighted by atomic mass is 9.97. The van der Waals surface area contributed by atoms with Crippen LogP contribution < -0.4 is 5.73 Å². The van der Waals surface area contributed by atoms with E-state index in [-0.39, 0.29) is 0 Å².